The van der Waals surface area contributed by atoms with Crippen molar-refractivity contribution in [2.24, 2.45) is 0 Å². The largest absolute Gasteiger partial charge is 0.494 e. The molecule has 0 aromatic heterocycles. The van der Waals surface area contributed by atoms with Gasteiger partial charge in [0.2, 0.25) is 0 Å². The van der Waals surface area contributed by atoms with E-state index in [2.05, 4.69) is 5.32 Å². The van der Waals surface area contributed by atoms with Gasteiger partial charge in [0.15, 0.2) is 0 Å². The van der Waals surface area contributed by atoms with Crippen LogP contribution >= 0.6 is 0 Å². The highest BCUT2D eigenvalue weighted by molar-refractivity contribution is 5.50. The summed E-state index contributed by atoms with van der Waals surface area (Å²) < 4.78 is 33.0. The summed E-state index contributed by atoms with van der Waals surface area (Å²) in [5.74, 6) is -0.0664. The van der Waals surface area contributed by atoms with E-state index in [9.17, 15) is 8.78 Å². The van der Waals surface area contributed by atoms with Crippen molar-refractivity contribution in [1.29, 1.82) is 0 Å². The summed E-state index contributed by atoms with van der Waals surface area (Å²) in [5, 5.41) is 3.16. The highest BCUT2D eigenvalue weighted by Gasteiger charge is 2.14. The Morgan fingerprint density at radius 1 is 1.14 bits per heavy atom. The zero-order chi connectivity index (χ0) is 15.4. The lowest BCUT2D eigenvalue weighted by atomic mass is 10.0. The van der Waals surface area contributed by atoms with Crippen LogP contribution in [0.3, 0.4) is 0 Å². The van der Waals surface area contributed by atoms with Crippen LogP contribution in [0.2, 0.25) is 0 Å². The van der Waals surface area contributed by atoms with Crippen LogP contribution in [0.5, 0.6) is 5.75 Å². The Hall–Kier alpha value is -2.10. The summed E-state index contributed by atoms with van der Waals surface area (Å²) in [6, 6.07) is 9.52. The fourth-order valence-corrected chi connectivity index (χ4v) is 2.16. The summed E-state index contributed by atoms with van der Waals surface area (Å²) in [7, 11) is 0. The van der Waals surface area contributed by atoms with Crippen LogP contribution in [-0.4, -0.2) is 6.61 Å². The first-order chi connectivity index (χ1) is 10.0. The zero-order valence-electron chi connectivity index (χ0n) is 12.4. The van der Waals surface area contributed by atoms with E-state index in [0.29, 0.717) is 17.7 Å². The van der Waals surface area contributed by atoms with E-state index in [0.717, 1.165) is 11.4 Å². The second-order valence-electron chi connectivity index (χ2n) is 4.95. The fourth-order valence-electron chi connectivity index (χ4n) is 2.16. The SMILES string of the molecule is CCOc1cccc(NC(C)c2cc(F)c(C)cc2F)c1. The van der Waals surface area contributed by atoms with E-state index >= 15 is 0 Å². The molecule has 0 aliphatic carbocycles. The molecule has 0 fully saturated rings. The summed E-state index contributed by atoms with van der Waals surface area (Å²) in [6.45, 7) is 5.83. The predicted octanol–water partition coefficient (Wildman–Crippen LogP) is 4.85. The molecule has 1 unspecified atom stereocenters. The molecule has 1 atom stereocenters. The maximum absolute atomic E-state index is 14.0. The highest BCUT2D eigenvalue weighted by Crippen LogP contribution is 2.26. The molecule has 0 bridgehead atoms. The predicted molar refractivity (Wildman–Crippen MR) is 80.7 cm³/mol. The van der Waals surface area contributed by atoms with Gasteiger partial charge >= 0.3 is 0 Å². The molecule has 0 aliphatic rings. The molecular formula is C17H19F2NO. The Morgan fingerprint density at radius 2 is 1.90 bits per heavy atom. The van der Waals surface area contributed by atoms with Gasteiger partial charge in [0, 0.05) is 17.3 Å². The standard InChI is InChI=1S/C17H19F2NO/c1-4-21-14-7-5-6-13(9-14)20-12(3)15-10-16(18)11(2)8-17(15)19/h5-10,12,20H,4H2,1-3H3. The van der Waals surface area contributed by atoms with Crippen molar-refractivity contribution < 1.29 is 13.5 Å². The van der Waals surface area contributed by atoms with Crippen molar-refractivity contribution in [3.05, 3.63) is 59.2 Å². The van der Waals surface area contributed by atoms with Gasteiger partial charge in [-0.2, -0.15) is 0 Å². The molecule has 2 rings (SSSR count). The van der Waals surface area contributed by atoms with Crippen LogP contribution in [0.4, 0.5) is 14.5 Å². The van der Waals surface area contributed by atoms with E-state index in [1.54, 1.807) is 13.8 Å². The Balaban J connectivity index is 2.19. The zero-order valence-corrected chi connectivity index (χ0v) is 12.4. The molecule has 21 heavy (non-hydrogen) atoms. The summed E-state index contributed by atoms with van der Waals surface area (Å²) >= 11 is 0. The number of hydrogen-bond acceptors (Lipinski definition) is 2. The van der Waals surface area contributed by atoms with E-state index in [1.807, 2.05) is 31.2 Å². The molecule has 1 N–H and O–H groups in total. The topological polar surface area (TPSA) is 21.3 Å². The maximum atomic E-state index is 14.0. The molecule has 0 spiro atoms. The third kappa shape index (κ3) is 3.72. The van der Waals surface area contributed by atoms with Gasteiger partial charge in [0.1, 0.15) is 17.4 Å². The number of anilines is 1. The Bertz CT molecular complexity index is 628. The van der Waals surface area contributed by atoms with Crippen LogP contribution in [0.15, 0.2) is 36.4 Å². The normalized spacial score (nSPS) is 12.0. The average Bonchev–Trinajstić information content (AvgIpc) is 2.43. The van der Waals surface area contributed by atoms with Crippen LogP contribution in [0, 0.1) is 18.6 Å². The van der Waals surface area contributed by atoms with Crippen molar-refractivity contribution in [2.75, 3.05) is 11.9 Å². The van der Waals surface area contributed by atoms with Crippen molar-refractivity contribution >= 4 is 5.69 Å². The number of ether oxygens (including phenoxy) is 1. The van der Waals surface area contributed by atoms with Crippen molar-refractivity contribution in [2.45, 2.75) is 26.8 Å². The molecule has 2 aromatic rings. The smallest absolute Gasteiger partial charge is 0.128 e. The minimum atomic E-state index is -0.408. The van der Waals surface area contributed by atoms with Gasteiger partial charge in [-0.05, 0) is 50.6 Å². The third-order valence-corrected chi connectivity index (χ3v) is 3.27. The maximum Gasteiger partial charge on any atom is 0.128 e. The first-order valence-corrected chi connectivity index (χ1v) is 6.96. The number of hydrogen-bond donors (Lipinski definition) is 1. The second-order valence-corrected chi connectivity index (χ2v) is 4.95. The monoisotopic (exact) mass is 291 g/mol. The van der Waals surface area contributed by atoms with E-state index in [1.165, 1.54) is 12.1 Å². The molecule has 0 radical (unpaired) electrons. The van der Waals surface area contributed by atoms with Gasteiger partial charge < -0.3 is 10.1 Å². The van der Waals surface area contributed by atoms with Gasteiger partial charge in [-0.1, -0.05) is 6.07 Å². The number of benzene rings is 2. The van der Waals surface area contributed by atoms with Crippen molar-refractivity contribution in [3.63, 3.8) is 0 Å². The molecule has 112 valence electrons. The van der Waals surface area contributed by atoms with Gasteiger partial charge in [0.25, 0.3) is 0 Å². The highest BCUT2D eigenvalue weighted by atomic mass is 19.1. The van der Waals surface area contributed by atoms with E-state index < -0.39 is 11.6 Å². The molecule has 0 heterocycles. The Kier molecular flexibility index (Phi) is 4.78. The summed E-state index contributed by atoms with van der Waals surface area (Å²) in [4.78, 5) is 0. The first-order valence-electron chi connectivity index (χ1n) is 6.96. The third-order valence-electron chi connectivity index (χ3n) is 3.27. The number of nitrogens with one attached hydrogen (secondary N) is 1. The van der Waals surface area contributed by atoms with Gasteiger partial charge in [-0.25, -0.2) is 8.78 Å². The summed E-state index contributed by atoms with van der Waals surface area (Å²) in [6.07, 6.45) is 0. The van der Waals surface area contributed by atoms with Gasteiger partial charge in [0.05, 0.1) is 12.6 Å². The fraction of sp³-hybridized carbons (Fsp3) is 0.294. The first kappa shape index (κ1) is 15.3. The van der Waals surface area contributed by atoms with E-state index in [-0.39, 0.29) is 6.04 Å². The lowest BCUT2D eigenvalue weighted by Gasteiger charge is -2.17. The number of halogens is 2. The Labute approximate surface area is 123 Å². The molecular weight excluding hydrogens is 272 g/mol. The summed E-state index contributed by atoms with van der Waals surface area (Å²) in [5.41, 5.74) is 1.41. The van der Waals surface area contributed by atoms with Crippen LogP contribution in [0.1, 0.15) is 31.0 Å². The lowest BCUT2D eigenvalue weighted by Crippen LogP contribution is -2.09. The van der Waals surface area contributed by atoms with Gasteiger partial charge in [-0.3, -0.25) is 0 Å². The van der Waals surface area contributed by atoms with E-state index in [4.69, 9.17) is 4.74 Å². The lowest BCUT2D eigenvalue weighted by molar-refractivity contribution is 0.340. The molecule has 0 saturated carbocycles. The molecule has 2 nitrogen and oxygen atoms in total. The number of rotatable bonds is 5. The molecule has 0 amide bonds. The Morgan fingerprint density at radius 3 is 2.62 bits per heavy atom. The van der Waals surface area contributed by atoms with Crippen LogP contribution in [-0.2, 0) is 0 Å². The number of aryl methyl sites for hydroxylation is 1. The minimum Gasteiger partial charge on any atom is -0.494 e. The molecule has 0 aliphatic heterocycles. The molecule has 0 saturated heterocycles. The van der Waals surface area contributed by atoms with Crippen LogP contribution in [0.25, 0.3) is 0 Å². The average molecular weight is 291 g/mol. The molecule has 2 aromatic carbocycles. The van der Waals surface area contributed by atoms with Gasteiger partial charge in [-0.15, -0.1) is 0 Å². The quantitative estimate of drug-likeness (QED) is 0.850. The minimum absolute atomic E-state index is 0.305. The second kappa shape index (κ2) is 6.57. The van der Waals surface area contributed by atoms with Crippen molar-refractivity contribution in [1.82, 2.24) is 0 Å². The molecule has 4 heteroatoms. The van der Waals surface area contributed by atoms with Crippen molar-refractivity contribution in [3.8, 4) is 5.75 Å². The van der Waals surface area contributed by atoms with Crippen LogP contribution < -0.4 is 10.1 Å².